The Hall–Kier alpha value is -2.27. The number of aromatic nitrogens is 1. The minimum atomic E-state index is -0.440. The maximum absolute atomic E-state index is 11.8. The number of carbonyl (C=O) groups excluding carboxylic acids is 1. The molecule has 1 aromatic carbocycles. The molecule has 0 saturated heterocycles. The zero-order valence-electron chi connectivity index (χ0n) is 10.2. The number of amides is 2. The third-order valence-electron chi connectivity index (χ3n) is 2.35. The lowest BCUT2D eigenvalue weighted by atomic mass is 10.3. The zero-order chi connectivity index (χ0) is 13.7. The molecule has 0 aliphatic rings. The summed E-state index contributed by atoms with van der Waals surface area (Å²) in [4.78, 5) is 15.8. The summed E-state index contributed by atoms with van der Waals surface area (Å²) in [6.45, 7) is 0. The first-order valence-electron chi connectivity index (χ1n) is 5.52. The highest BCUT2D eigenvalue weighted by molar-refractivity contribution is 6.33. The molecule has 2 N–H and O–H groups in total. The fraction of sp³-hybridized carbons (Fsp3) is 0.0769. The summed E-state index contributed by atoms with van der Waals surface area (Å²) >= 11 is 5.90. The first-order chi connectivity index (χ1) is 9.20. The van der Waals surface area contributed by atoms with Crippen molar-refractivity contribution >= 4 is 29.1 Å². The van der Waals surface area contributed by atoms with Crippen LogP contribution < -0.4 is 15.4 Å². The summed E-state index contributed by atoms with van der Waals surface area (Å²) in [7, 11) is 1.54. The smallest absolute Gasteiger partial charge is 0.324 e. The summed E-state index contributed by atoms with van der Waals surface area (Å²) in [5, 5.41) is 5.60. The molecule has 5 nitrogen and oxygen atoms in total. The van der Waals surface area contributed by atoms with E-state index in [1.807, 2.05) is 6.07 Å². The number of halogens is 1. The van der Waals surface area contributed by atoms with Gasteiger partial charge < -0.3 is 10.1 Å². The molecule has 0 atom stereocenters. The average molecular weight is 278 g/mol. The molecule has 19 heavy (non-hydrogen) atoms. The highest BCUT2D eigenvalue weighted by Gasteiger charge is 2.09. The van der Waals surface area contributed by atoms with Crippen LogP contribution in [0, 0.1) is 0 Å². The van der Waals surface area contributed by atoms with E-state index in [1.54, 1.807) is 36.5 Å². The molecule has 1 heterocycles. The number of methoxy groups -OCH3 is 1. The molecule has 98 valence electrons. The van der Waals surface area contributed by atoms with Crippen LogP contribution in [-0.4, -0.2) is 18.1 Å². The molecule has 0 saturated carbocycles. The maximum Gasteiger partial charge on any atom is 0.324 e. The van der Waals surface area contributed by atoms with E-state index < -0.39 is 6.03 Å². The summed E-state index contributed by atoms with van der Waals surface area (Å²) < 4.78 is 5.14. The van der Waals surface area contributed by atoms with Gasteiger partial charge in [0, 0.05) is 6.20 Å². The Morgan fingerprint density at radius 1 is 1.21 bits per heavy atom. The Morgan fingerprint density at radius 3 is 2.74 bits per heavy atom. The number of urea groups is 1. The lowest BCUT2D eigenvalue weighted by molar-refractivity contribution is 0.262. The Morgan fingerprint density at radius 2 is 2.00 bits per heavy atom. The minimum Gasteiger partial charge on any atom is -0.495 e. The van der Waals surface area contributed by atoms with Crippen LogP contribution in [0.25, 0.3) is 0 Å². The highest BCUT2D eigenvalue weighted by Crippen LogP contribution is 2.23. The van der Waals surface area contributed by atoms with E-state index in [0.717, 1.165) is 0 Å². The monoisotopic (exact) mass is 277 g/mol. The lowest BCUT2D eigenvalue weighted by Crippen LogP contribution is -2.20. The van der Waals surface area contributed by atoms with Crippen molar-refractivity contribution in [3.8, 4) is 5.75 Å². The Bertz CT molecular complexity index is 590. The second-order valence-electron chi connectivity index (χ2n) is 3.61. The molecule has 0 spiro atoms. The fourth-order valence-corrected chi connectivity index (χ4v) is 1.66. The topological polar surface area (TPSA) is 63.2 Å². The van der Waals surface area contributed by atoms with Crippen LogP contribution in [0.15, 0.2) is 42.6 Å². The van der Waals surface area contributed by atoms with Crippen molar-refractivity contribution < 1.29 is 9.53 Å². The number of nitrogens with zero attached hydrogens (tertiary/aromatic N) is 1. The first kappa shape index (κ1) is 13.2. The molecular formula is C13H12ClN3O2. The van der Waals surface area contributed by atoms with Crippen molar-refractivity contribution in [2.24, 2.45) is 0 Å². The number of nitrogens with one attached hydrogen (secondary N) is 2. The zero-order valence-corrected chi connectivity index (χ0v) is 10.9. The van der Waals surface area contributed by atoms with Gasteiger partial charge in [-0.05, 0) is 24.3 Å². The van der Waals surface area contributed by atoms with Gasteiger partial charge in [0.25, 0.3) is 0 Å². The van der Waals surface area contributed by atoms with Crippen LogP contribution in [0.3, 0.4) is 0 Å². The number of pyridine rings is 1. The van der Waals surface area contributed by atoms with Crippen LogP contribution in [0.1, 0.15) is 0 Å². The van der Waals surface area contributed by atoms with Crippen LogP contribution >= 0.6 is 11.6 Å². The van der Waals surface area contributed by atoms with Crippen LogP contribution in [-0.2, 0) is 0 Å². The van der Waals surface area contributed by atoms with Gasteiger partial charge >= 0.3 is 6.03 Å². The summed E-state index contributed by atoms with van der Waals surface area (Å²) in [5.74, 6) is 0.876. The van der Waals surface area contributed by atoms with E-state index in [9.17, 15) is 4.79 Å². The van der Waals surface area contributed by atoms with Gasteiger partial charge in [-0.2, -0.15) is 0 Å². The summed E-state index contributed by atoms with van der Waals surface area (Å²) in [6, 6.07) is 9.99. The van der Waals surface area contributed by atoms with Gasteiger partial charge in [-0.3, -0.25) is 5.32 Å². The maximum atomic E-state index is 11.8. The number of carbonyl (C=O) groups is 1. The van der Waals surface area contributed by atoms with E-state index >= 15 is 0 Å². The number of anilines is 2. The van der Waals surface area contributed by atoms with Crippen LogP contribution in [0.2, 0.25) is 5.02 Å². The SMILES string of the molecule is COc1ccccc1NC(=O)Nc1ncccc1Cl. The molecule has 6 heteroatoms. The van der Waals surface area contributed by atoms with E-state index in [0.29, 0.717) is 22.3 Å². The molecule has 2 aromatic rings. The molecule has 1 aromatic heterocycles. The van der Waals surface area contributed by atoms with Gasteiger partial charge in [0.1, 0.15) is 5.75 Å². The standard InChI is InChI=1S/C13H12ClN3O2/c1-19-11-7-3-2-6-10(11)16-13(18)17-12-9(14)5-4-8-15-12/h2-8H,1H3,(H2,15,16,17,18). The van der Waals surface area contributed by atoms with Gasteiger partial charge in [0.2, 0.25) is 0 Å². The van der Waals surface area contributed by atoms with Crippen molar-refractivity contribution in [3.05, 3.63) is 47.6 Å². The van der Waals surface area contributed by atoms with E-state index in [2.05, 4.69) is 15.6 Å². The minimum absolute atomic E-state index is 0.302. The van der Waals surface area contributed by atoms with Crippen LogP contribution in [0.5, 0.6) is 5.75 Å². The lowest BCUT2D eigenvalue weighted by Gasteiger charge is -2.10. The van der Waals surface area contributed by atoms with Crippen molar-refractivity contribution in [1.29, 1.82) is 0 Å². The molecule has 2 rings (SSSR count). The van der Waals surface area contributed by atoms with Crippen molar-refractivity contribution in [1.82, 2.24) is 4.98 Å². The molecule has 0 radical (unpaired) electrons. The molecule has 2 amide bonds. The van der Waals surface area contributed by atoms with Gasteiger partial charge in [-0.1, -0.05) is 23.7 Å². The van der Waals surface area contributed by atoms with E-state index in [1.165, 1.54) is 7.11 Å². The number of hydrogen-bond donors (Lipinski definition) is 2. The molecule has 0 fully saturated rings. The summed E-state index contributed by atoms with van der Waals surface area (Å²) in [6.07, 6.45) is 1.55. The fourth-order valence-electron chi connectivity index (χ4n) is 1.49. The molecule has 0 aliphatic carbocycles. The Labute approximate surface area is 115 Å². The molecule has 0 bridgehead atoms. The number of ether oxygens (including phenoxy) is 1. The number of hydrogen-bond acceptors (Lipinski definition) is 3. The van der Waals surface area contributed by atoms with Crippen molar-refractivity contribution in [2.75, 3.05) is 17.7 Å². The average Bonchev–Trinajstić information content (AvgIpc) is 2.42. The largest absolute Gasteiger partial charge is 0.495 e. The number of rotatable bonds is 3. The van der Waals surface area contributed by atoms with E-state index in [-0.39, 0.29) is 0 Å². The molecule has 0 aliphatic heterocycles. The molecular weight excluding hydrogens is 266 g/mol. The Kier molecular flexibility index (Phi) is 4.20. The van der Waals surface area contributed by atoms with Crippen LogP contribution in [0.4, 0.5) is 16.3 Å². The third-order valence-corrected chi connectivity index (χ3v) is 2.65. The third kappa shape index (κ3) is 3.35. The summed E-state index contributed by atoms with van der Waals surface area (Å²) in [5.41, 5.74) is 0.564. The van der Waals surface area contributed by atoms with Gasteiger partial charge in [0.15, 0.2) is 5.82 Å². The van der Waals surface area contributed by atoms with Gasteiger partial charge in [0.05, 0.1) is 17.8 Å². The predicted molar refractivity (Wildman–Crippen MR) is 74.9 cm³/mol. The number of para-hydroxylation sites is 2. The second-order valence-corrected chi connectivity index (χ2v) is 4.02. The van der Waals surface area contributed by atoms with Crippen molar-refractivity contribution in [2.45, 2.75) is 0 Å². The number of benzene rings is 1. The van der Waals surface area contributed by atoms with Gasteiger partial charge in [-0.25, -0.2) is 9.78 Å². The van der Waals surface area contributed by atoms with Crippen molar-refractivity contribution in [3.63, 3.8) is 0 Å². The quantitative estimate of drug-likeness (QED) is 0.904. The normalized spacial score (nSPS) is 9.79. The Balaban J connectivity index is 2.08. The first-order valence-corrected chi connectivity index (χ1v) is 5.90. The predicted octanol–water partition coefficient (Wildman–Crippen LogP) is 3.39. The highest BCUT2D eigenvalue weighted by atomic mass is 35.5. The van der Waals surface area contributed by atoms with Gasteiger partial charge in [-0.15, -0.1) is 0 Å². The second kappa shape index (κ2) is 6.06. The molecule has 0 unspecified atom stereocenters. The van der Waals surface area contributed by atoms with E-state index in [4.69, 9.17) is 16.3 Å².